The molecule has 0 saturated carbocycles. The number of hydrogen-bond acceptors (Lipinski definition) is 6. The molecule has 0 bridgehead atoms. The summed E-state index contributed by atoms with van der Waals surface area (Å²) in [6.07, 6.45) is 1.57. The number of Topliss-reactive ketones (excluding diaryl/α,β-unsaturated/α-hetero) is 1. The molecule has 0 unspecified atom stereocenters. The zero-order valence-corrected chi connectivity index (χ0v) is 13.7. The number of aromatic hydroxyl groups is 1. The van der Waals surface area contributed by atoms with E-state index < -0.39 is 5.97 Å². The van der Waals surface area contributed by atoms with Gasteiger partial charge in [0.05, 0.1) is 12.2 Å². The molecule has 0 atom stereocenters. The number of esters is 1. The maximum atomic E-state index is 12.5. The molecule has 6 heteroatoms. The van der Waals surface area contributed by atoms with Gasteiger partial charge in [-0.2, -0.15) is 0 Å². The van der Waals surface area contributed by atoms with Crippen molar-refractivity contribution in [3.05, 3.63) is 53.3 Å². The number of ketones is 1. The highest BCUT2D eigenvalue weighted by atomic mass is 16.5. The zero-order valence-electron chi connectivity index (χ0n) is 13.7. The Balaban J connectivity index is 1.89. The summed E-state index contributed by atoms with van der Waals surface area (Å²) in [4.78, 5) is 23.5. The van der Waals surface area contributed by atoms with E-state index in [4.69, 9.17) is 14.2 Å². The quantitative estimate of drug-likeness (QED) is 0.522. The first kappa shape index (κ1) is 16.6. The fourth-order valence-electron chi connectivity index (χ4n) is 2.44. The standard InChI is InChI=1S/C19H16O6/c1-3-23-17-8-12(4-6-15(17)21)9-18-19(22)14-10-13(24-11(2)20)5-7-16(14)25-18/h4-10,21H,3H2,1-2H3/b18-9-. The van der Waals surface area contributed by atoms with Crippen LogP contribution in [0.2, 0.25) is 0 Å². The van der Waals surface area contributed by atoms with Crippen LogP contribution in [0.25, 0.3) is 6.08 Å². The number of carbonyl (C=O) groups is 2. The zero-order chi connectivity index (χ0) is 18.0. The van der Waals surface area contributed by atoms with Crippen molar-refractivity contribution in [3.63, 3.8) is 0 Å². The number of rotatable bonds is 4. The van der Waals surface area contributed by atoms with E-state index in [9.17, 15) is 14.7 Å². The van der Waals surface area contributed by atoms with Gasteiger partial charge in [-0.3, -0.25) is 9.59 Å². The van der Waals surface area contributed by atoms with Crippen molar-refractivity contribution in [1.82, 2.24) is 0 Å². The normalized spacial score (nSPS) is 14.2. The predicted octanol–water partition coefficient (Wildman–Crippen LogP) is 3.33. The summed E-state index contributed by atoms with van der Waals surface area (Å²) < 4.78 is 15.9. The van der Waals surface area contributed by atoms with Gasteiger partial charge in [-0.1, -0.05) is 6.07 Å². The van der Waals surface area contributed by atoms with E-state index in [1.54, 1.807) is 30.3 Å². The first-order chi connectivity index (χ1) is 12.0. The molecule has 1 N–H and O–H groups in total. The Morgan fingerprint density at radius 2 is 2.04 bits per heavy atom. The van der Waals surface area contributed by atoms with E-state index in [0.29, 0.717) is 29.2 Å². The molecule has 0 aliphatic carbocycles. The van der Waals surface area contributed by atoms with Gasteiger partial charge >= 0.3 is 5.97 Å². The van der Waals surface area contributed by atoms with Crippen molar-refractivity contribution >= 4 is 17.8 Å². The fourth-order valence-corrected chi connectivity index (χ4v) is 2.44. The SMILES string of the molecule is CCOc1cc(/C=C2\Oc3ccc(OC(C)=O)cc3C2=O)ccc1O. The van der Waals surface area contributed by atoms with E-state index in [1.165, 1.54) is 19.1 Å². The van der Waals surface area contributed by atoms with Crippen LogP contribution >= 0.6 is 0 Å². The number of phenols is 1. The van der Waals surface area contributed by atoms with Crippen LogP contribution in [0.3, 0.4) is 0 Å². The minimum absolute atomic E-state index is 0.0250. The Hall–Kier alpha value is -3.28. The number of hydrogen-bond donors (Lipinski definition) is 1. The predicted molar refractivity (Wildman–Crippen MR) is 90.0 cm³/mol. The van der Waals surface area contributed by atoms with E-state index in [1.807, 2.05) is 6.92 Å². The summed E-state index contributed by atoms with van der Waals surface area (Å²) >= 11 is 0. The second-order valence-electron chi connectivity index (χ2n) is 5.35. The number of ether oxygens (including phenoxy) is 3. The molecule has 0 fully saturated rings. The third kappa shape index (κ3) is 3.47. The minimum Gasteiger partial charge on any atom is -0.504 e. The van der Waals surface area contributed by atoms with Gasteiger partial charge in [0.25, 0.3) is 0 Å². The second kappa shape index (κ2) is 6.68. The van der Waals surface area contributed by atoms with Crippen molar-refractivity contribution in [2.24, 2.45) is 0 Å². The molecule has 2 aromatic rings. The van der Waals surface area contributed by atoms with Gasteiger partial charge in [-0.25, -0.2) is 0 Å². The molecule has 2 aromatic carbocycles. The molecule has 128 valence electrons. The maximum absolute atomic E-state index is 12.5. The molecule has 6 nitrogen and oxygen atoms in total. The summed E-state index contributed by atoms with van der Waals surface area (Å²) in [5.74, 6) is 0.408. The smallest absolute Gasteiger partial charge is 0.308 e. The van der Waals surface area contributed by atoms with Crippen molar-refractivity contribution in [1.29, 1.82) is 0 Å². The molecule has 1 aliphatic heterocycles. The average molecular weight is 340 g/mol. The second-order valence-corrected chi connectivity index (χ2v) is 5.35. The van der Waals surface area contributed by atoms with Gasteiger partial charge in [0.15, 0.2) is 17.3 Å². The number of carbonyl (C=O) groups excluding carboxylic acids is 2. The molecule has 0 amide bonds. The molecule has 0 spiro atoms. The molecule has 1 heterocycles. The third-order valence-electron chi connectivity index (χ3n) is 3.48. The van der Waals surface area contributed by atoms with Gasteiger partial charge in [0, 0.05) is 6.92 Å². The van der Waals surface area contributed by atoms with Crippen molar-refractivity contribution in [2.75, 3.05) is 6.61 Å². The van der Waals surface area contributed by atoms with Crippen LogP contribution in [0.1, 0.15) is 29.8 Å². The summed E-state index contributed by atoms with van der Waals surface area (Å²) in [5.41, 5.74) is 0.978. The van der Waals surface area contributed by atoms with Crippen LogP contribution < -0.4 is 14.2 Å². The Kier molecular flexibility index (Phi) is 4.43. The number of benzene rings is 2. The summed E-state index contributed by atoms with van der Waals surface area (Å²) in [7, 11) is 0. The average Bonchev–Trinajstić information content (AvgIpc) is 2.86. The highest BCUT2D eigenvalue weighted by molar-refractivity contribution is 6.14. The monoisotopic (exact) mass is 340 g/mol. The van der Waals surface area contributed by atoms with Gasteiger partial charge in [-0.05, 0) is 48.9 Å². The lowest BCUT2D eigenvalue weighted by molar-refractivity contribution is -0.131. The number of phenolic OH excluding ortho intramolecular Hbond substituents is 1. The lowest BCUT2D eigenvalue weighted by Gasteiger charge is -2.06. The molecule has 0 saturated heterocycles. The largest absolute Gasteiger partial charge is 0.504 e. The summed E-state index contributed by atoms with van der Waals surface area (Å²) in [6, 6.07) is 9.37. The number of allylic oxidation sites excluding steroid dienone is 1. The van der Waals surface area contributed by atoms with Gasteiger partial charge in [0.2, 0.25) is 5.78 Å². The lowest BCUT2D eigenvalue weighted by Crippen LogP contribution is -2.02. The Bertz CT molecular complexity index is 881. The van der Waals surface area contributed by atoms with Gasteiger partial charge in [-0.15, -0.1) is 0 Å². The molecule has 1 aliphatic rings. The number of fused-ring (bicyclic) bond motifs is 1. The van der Waals surface area contributed by atoms with Crippen LogP contribution in [0.4, 0.5) is 0 Å². The molecule has 0 aromatic heterocycles. The van der Waals surface area contributed by atoms with Crippen LogP contribution in [-0.2, 0) is 4.79 Å². The van der Waals surface area contributed by atoms with Crippen LogP contribution in [0.15, 0.2) is 42.2 Å². The van der Waals surface area contributed by atoms with E-state index in [-0.39, 0.29) is 23.0 Å². The molecular weight excluding hydrogens is 324 g/mol. The van der Waals surface area contributed by atoms with Crippen molar-refractivity contribution in [2.45, 2.75) is 13.8 Å². The van der Waals surface area contributed by atoms with E-state index in [0.717, 1.165) is 0 Å². The van der Waals surface area contributed by atoms with Gasteiger partial charge < -0.3 is 19.3 Å². The van der Waals surface area contributed by atoms with Crippen molar-refractivity contribution < 1.29 is 28.9 Å². The van der Waals surface area contributed by atoms with Gasteiger partial charge in [0.1, 0.15) is 11.5 Å². The van der Waals surface area contributed by atoms with E-state index in [2.05, 4.69) is 0 Å². The lowest BCUT2D eigenvalue weighted by atomic mass is 10.1. The topological polar surface area (TPSA) is 82.1 Å². The Labute approximate surface area is 144 Å². The highest BCUT2D eigenvalue weighted by Crippen LogP contribution is 2.35. The summed E-state index contributed by atoms with van der Waals surface area (Å²) in [5, 5.41) is 9.74. The molecule has 0 radical (unpaired) electrons. The third-order valence-corrected chi connectivity index (χ3v) is 3.48. The molecular formula is C19H16O6. The minimum atomic E-state index is -0.463. The fraction of sp³-hybridized carbons (Fsp3) is 0.158. The molecule has 3 rings (SSSR count). The first-order valence-corrected chi connectivity index (χ1v) is 7.70. The Morgan fingerprint density at radius 3 is 2.76 bits per heavy atom. The maximum Gasteiger partial charge on any atom is 0.308 e. The van der Waals surface area contributed by atoms with Crippen LogP contribution in [0, 0.1) is 0 Å². The van der Waals surface area contributed by atoms with E-state index >= 15 is 0 Å². The highest BCUT2D eigenvalue weighted by Gasteiger charge is 2.28. The van der Waals surface area contributed by atoms with Crippen LogP contribution in [0.5, 0.6) is 23.0 Å². The van der Waals surface area contributed by atoms with Crippen LogP contribution in [-0.4, -0.2) is 23.5 Å². The Morgan fingerprint density at radius 1 is 1.24 bits per heavy atom. The van der Waals surface area contributed by atoms with Crippen molar-refractivity contribution in [3.8, 4) is 23.0 Å². The summed E-state index contributed by atoms with van der Waals surface area (Å²) in [6.45, 7) is 3.51. The molecule has 25 heavy (non-hydrogen) atoms. The first-order valence-electron chi connectivity index (χ1n) is 7.70.